The van der Waals surface area contributed by atoms with Gasteiger partial charge in [0.05, 0.1) is 7.11 Å². The number of rotatable bonds is 6. The van der Waals surface area contributed by atoms with Gasteiger partial charge >= 0.3 is 5.97 Å². The van der Waals surface area contributed by atoms with Crippen LogP contribution in [0, 0.1) is 0 Å². The van der Waals surface area contributed by atoms with E-state index in [9.17, 15) is 4.79 Å². The van der Waals surface area contributed by atoms with Crippen molar-refractivity contribution in [2.75, 3.05) is 20.2 Å². The highest BCUT2D eigenvalue weighted by Gasteiger charge is 2.01. The Morgan fingerprint density at radius 3 is 3.00 bits per heavy atom. The van der Waals surface area contributed by atoms with Crippen LogP contribution in [0.1, 0.15) is 12.7 Å². The van der Waals surface area contributed by atoms with Crippen LogP contribution in [0.2, 0.25) is 0 Å². The SMILES string of the molecule is COC(=O)C(C)=CCNCCc1ncn(C)n1. The molecule has 0 saturated carbocycles. The zero-order valence-electron chi connectivity index (χ0n) is 10.4. The molecule has 1 N–H and O–H groups in total. The van der Waals surface area contributed by atoms with Crippen LogP contribution in [0.5, 0.6) is 0 Å². The average molecular weight is 238 g/mol. The molecule has 0 aliphatic rings. The molecule has 1 rings (SSSR count). The molecular formula is C11H18N4O2. The van der Waals surface area contributed by atoms with Gasteiger partial charge in [-0.05, 0) is 6.92 Å². The second-order valence-corrected chi connectivity index (χ2v) is 3.67. The van der Waals surface area contributed by atoms with E-state index in [0.717, 1.165) is 18.8 Å². The quantitative estimate of drug-likeness (QED) is 0.431. The average Bonchev–Trinajstić information content (AvgIpc) is 2.73. The van der Waals surface area contributed by atoms with Crippen molar-refractivity contribution in [1.29, 1.82) is 0 Å². The van der Waals surface area contributed by atoms with Crippen LogP contribution < -0.4 is 5.32 Å². The van der Waals surface area contributed by atoms with Crippen molar-refractivity contribution in [2.24, 2.45) is 7.05 Å². The molecule has 0 amide bonds. The first-order valence-electron chi connectivity index (χ1n) is 5.43. The predicted molar refractivity (Wildman–Crippen MR) is 63.3 cm³/mol. The summed E-state index contributed by atoms with van der Waals surface area (Å²) in [5.41, 5.74) is 0.607. The molecule has 0 unspecified atom stereocenters. The van der Waals surface area contributed by atoms with Gasteiger partial charge in [-0.2, -0.15) is 5.10 Å². The Hall–Kier alpha value is -1.69. The van der Waals surface area contributed by atoms with Crippen molar-refractivity contribution >= 4 is 5.97 Å². The summed E-state index contributed by atoms with van der Waals surface area (Å²) in [7, 11) is 3.21. The number of nitrogens with one attached hydrogen (secondary N) is 1. The lowest BCUT2D eigenvalue weighted by Gasteiger charge is -2.01. The molecule has 0 atom stereocenters. The van der Waals surface area contributed by atoms with E-state index in [0.29, 0.717) is 12.1 Å². The van der Waals surface area contributed by atoms with E-state index in [1.54, 1.807) is 24.0 Å². The number of nitrogens with zero attached hydrogens (tertiary/aromatic N) is 3. The highest BCUT2D eigenvalue weighted by molar-refractivity contribution is 5.87. The third kappa shape index (κ3) is 4.78. The van der Waals surface area contributed by atoms with Gasteiger partial charge in [0.2, 0.25) is 0 Å². The highest BCUT2D eigenvalue weighted by atomic mass is 16.5. The fourth-order valence-electron chi connectivity index (χ4n) is 1.27. The summed E-state index contributed by atoms with van der Waals surface area (Å²) >= 11 is 0. The largest absolute Gasteiger partial charge is 0.466 e. The minimum absolute atomic E-state index is 0.293. The van der Waals surface area contributed by atoms with Gasteiger partial charge in [-0.15, -0.1) is 0 Å². The Morgan fingerprint density at radius 2 is 2.41 bits per heavy atom. The number of ether oxygens (including phenoxy) is 1. The lowest BCUT2D eigenvalue weighted by Crippen LogP contribution is -2.18. The van der Waals surface area contributed by atoms with Crippen LogP contribution in [0.3, 0.4) is 0 Å². The maximum absolute atomic E-state index is 11.1. The number of hydrogen-bond donors (Lipinski definition) is 1. The molecule has 1 heterocycles. The monoisotopic (exact) mass is 238 g/mol. The molecular weight excluding hydrogens is 220 g/mol. The molecule has 6 nitrogen and oxygen atoms in total. The first-order valence-corrected chi connectivity index (χ1v) is 5.43. The lowest BCUT2D eigenvalue weighted by atomic mass is 10.3. The number of methoxy groups -OCH3 is 1. The van der Waals surface area contributed by atoms with Crippen molar-refractivity contribution in [1.82, 2.24) is 20.1 Å². The van der Waals surface area contributed by atoms with E-state index in [1.165, 1.54) is 7.11 Å². The summed E-state index contributed by atoms with van der Waals surface area (Å²) in [6.45, 7) is 3.14. The van der Waals surface area contributed by atoms with Gasteiger partial charge in [0.1, 0.15) is 6.33 Å². The highest BCUT2D eigenvalue weighted by Crippen LogP contribution is 1.94. The number of carbonyl (C=O) groups is 1. The fourth-order valence-corrected chi connectivity index (χ4v) is 1.27. The minimum Gasteiger partial charge on any atom is -0.466 e. The lowest BCUT2D eigenvalue weighted by molar-refractivity contribution is -0.136. The zero-order valence-corrected chi connectivity index (χ0v) is 10.4. The molecule has 1 aromatic rings. The summed E-state index contributed by atoms with van der Waals surface area (Å²) < 4.78 is 6.26. The molecule has 0 fully saturated rings. The van der Waals surface area contributed by atoms with Gasteiger partial charge in [-0.1, -0.05) is 6.08 Å². The van der Waals surface area contributed by atoms with Crippen molar-refractivity contribution in [3.63, 3.8) is 0 Å². The number of carbonyl (C=O) groups excluding carboxylic acids is 1. The smallest absolute Gasteiger partial charge is 0.333 e. The number of esters is 1. The first kappa shape index (κ1) is 13.4. The van der Waals surface area contributed by atoms with Crippen LogP contribution in [0.15, 0.2) is 18.0 Å². The van der Waals surface area contributed by atoms with Crippen molar-refractivity contribution in [2.45, 2.75) is 13.3 Å². The summed E-state index contributed by atoms with van der Waals surface area (Å²) in [5.74, 6) is 0.520. The van der Waals surface area contributed by atoms with Crippen LogP contribution in [-0.4, -0.2) is 40.9 Å². The summed E-state index contributed by atoms with van der Waals surface area (Å²) in [6.07, 6.45) is 4.25. The van der Waals surface area contributed by atoms with Gasteiger partial charge in [0.15, 0.2) is 5.82 Å². The van der Waals surface area contributed by atoms with Gasteiger partial charge in [0, 0.05) is 32.1 Å². The van der Waals surface area contributed by atoms with Crippen molar-refractivity contribution in [3.8, 4) is 0 Å². The van der Waals surface area contributed by atoms with Crippen molar-refractivity contribution in [3.05, 3.63) is 23.8 Å². The van der Waals surface area contributed by atoms with Crippen LogP contribution in [0.4, 0.5) is 0 Å². The van der Waals surface area contributed by atoms with E-state index in [4.69, 9.17) is 0 Å². The summed E-state index contributed by atoms with van der Waals surface area (Å²) in [6, 6.07) is 0. The summed E-state index contributed by atoms with van der Waals surface area (Å²) in [4.78, 5) is 15.2. The molecule has 0 aromatic carbocycles. The van der Waals surface area contributed by atoms with Gasteiger partial charge in [0.25, 0.3) is 0 Å². The molecule has 0 saturated heterocycles. The second-order valence-electron chi connectivity index (χ2n) is 3.67. The minimum atomic E-state index is -0.293. The fraction of sp³-hybridized carbons (Fsp3) is 0.545. The second kappa shape index (κ2) is 6.80. The molecule has 0 aliphatic carbocycles. The predicted octanol–water partition coefficient (Wildman–Crippen LogP) is 0.0665. The molecule has 0 aliphatic heterocycles. The van der Waals surface area contributed by atoms with Gasteiger partial charge in [-0.25, -0.2) is 9.78 Å². The zero-order chi connectivity index (χ0) is 12.7. The van der Waals surface area contributed by atoms with Crippen LogP contribution >= 0.6 is 0 Å². The number of hydrogen-bond acceptors (Lipinski definition) is 5. The van der Waals surface area contributed by atoms with E-state index in [2.05, 4.69) is 20.1 Å². The molecule has 6 heteroatoms. The molecule has 17 heavy (non-hydrogen) atoms. The third-order valence-corrected chi connectivity index (χ3v) is 2.23. The van der Waals surface area contributed by atoms with Crippen LogP contribution in [-0.2, 0) is 23.0 Å². The Labute approximate surface area is 101 Å². The molecule has 0 spiro atoms. The van der Waals surface area contributed by atoms with E-state index in [-0.39, 0.29) is 5.97 Å². The topological polar surface area (TPSA) is 69.0 Å². The molecule has 1 aromatic heterocycles. The standard InChI is InChI=1S/C11H18N4O2/c1-9(11(16)17-3)4-6-12-7-5-10-13-8-15(2)14-10/h4,8,12H,5-7H2,1-3H3. The summed E-state index contributed by atoms with van der Waals surface area (Å²) in [5, 5.41) is 7.34. The molecule has 0 radical (unpaired) electrons. The van der Waals surface area contributed by atoms with Crippen LogP contribution in [0.25, 0.3) is 0 Å². The number of aryl methyl sites for hydroxylation is 1. The Balaban J connectivity index is 2.18. The Morgan fingerprint density at radius 1 is 1.65 bits per heavy atom. The van der Waals surface area contributed by atoms with Gasteiger partial charge < -0.3 is 10.1 Å². The maximum Gasteiger partial charge on any atom is 0.333 e. The third-order valence-electron chi connectivity index (χ3n) is 2.23. The van der Waals surface area contributed by atoms with E-state index >= 15 is 0 Å². The Bertz CT molecular complexity index is 398. The molecule has 0 bridgehead atoms. The van der Waals surface area contributed by atoms with Gasteiger partial charge in [-0.3, -0.25) is 4.68 Å². The molecule has 94 valence electrons. The number of aromatic nitrogens is 3. The maximum atomic E-state index is 11.1. The Kier molecular flexibility index (Phi) is 5.35. The van der Waals surface area contributed by atoms with E-state index < -0.39 is 0 Å². The normalized spacial score (nSPS) is 11.6. The van der Waals surface area contributed by atoms with Crippen molar-refractivity contribution < 1.29 is 9.53 Å². The van der Waals surface area contributed by atoms with E-state index in [1.807, 2.05) is 7.05 Å². The first-order chi connectivity index (χ1) is 8.13.